The highest BCUT2D eigenvalue weighted by molar-refractivity contribution is 5.87. The summed E-state index contributed by atoms with van der Waals surface area (Å²) < 4.78 is 25.2. The molecule has 0 saturated carbocycles. The molecule has 0 bridgehead atoms. The molecule has 144 valence electrons. The van der Waals surface area contributed by atoms with E-state index in [9.17, 15) is 9.18 Å². The Morgan fingerprint density at radius 3 is 2.78 bits per heavy atom. The van der Waals surface area contributed by atoms with Gasteiger partial charge >= 0.3 is 6.09 Å². The summed E-state index contributed by atoms with van der Waals surface area (Å²) in [5.41, 5.74) is 10.4. The van der Waals surface area contributed by atoms with Crippen LogP contribution < -0.4 is 16.4 Å². The van der Waals surface area contributed by atoms with Crippen molar-refractivity contribution in [3.63, 3.8) is 0 Å². The number of ether oxygens (including phenoxy) is 1. The number of hydrogen-bond donors (Lipinski definition) is 2. The molecule has 0 atom stereocenters. The topological polar surface area (TPSA) is 133 Å². The van der Waals surface area contributed by atoms with Gasteiger partial charge < -0.3 is 25.5 Å². The molecule has 0 spiro atoms. The van der Waals surface area contributed by atoms with E-state index in [4.69, 9.17) is 20.6 Å². The van der Waals surface area contributed by atoms with Crippen LogP contribution >= 0.6 is 0 Å². The van der Waals surface area contributed by atoms with Crippen LogP contribution in [0.5, 0.6) is 0 Å². The average molecular weight is 376 g/mol. The van der Waals surface area contributed by atoms with E-state index in [1.54, 1.807) is 6.20 Å². The number of oxazole rings is 1. The lowest BCUT2D eigenvalue weighted by Gasteiger charge is -2.31. The molecule has 1 aliphatic rings. The van der Waals surface area contributed by atoms with E-state index >= 15 is 0 Å². The van der Waals surface area contributed by atoms with Crippen LogP contribution in [-0.4, -0.2) is 35.1 Å². The number of halogens is 1. The molecule has 1 amide bonds. The van der Waals surface area contributed by atoms with Crippen LogP contribution in [0.1, 0.15) is 36.0 Å². The second kappa shape index (κ2) is 8.02. The SMILES string of the molecule is Cc1cnc(C2CCN(c3nccc(COC(=O)N=C(N)N)c3F)CC2)o1. The fourth-order valence-electron chi connectivity index (χ4n) is 2.98. The molecule has 1 saturated heterocycles. The molecule has 0 radical (unpaired) electrons. The van der Waals surface area contributed by atoms with E-state index in [2.05, 4.69) is 15.0 Å². The maximum Gasteiger partial charge on any atom is 0.437 e. The van der Waals surface area contributed by atoms with Crippen molar-refractivity contribution in [3.8, 4) is 0 Å². The van der Waals surface area contributed by atoms with Crippen LogP contribution in [0.4, 0.5) is 15.0 Å². The third-order valence-electron chi connectivity index (χ3n) is 4.31. The number of rotatable bonds is 4. The van der Waals surface area contributed by atoms with Crippen molar-refractivity contribution in [2.45, 2.75) is 32.3 Å². The summed E-state index contributed by atoms with van der Waals surface area (Å²) in [4.78, 5) is 24.9. The number of anilines is 1. The Kier molecular flexibility index (Phi) is 5.53. The van der Waals surface area contributed by atoms with Crippen molar-refractivity contribution < 1.29 is 18.3 Å². The van der Waals surface area contributed by atoms with Crippen LogP contribution in [0.2, 0.25) is 0 Å². The number of aromatic nitrogens is 2. The standard InChI is InChI=1S/C17H21FN6O3/c1-10-8-22-15(27-10)11-3-6-24(7-4-11)14-13(18)12(2-5-21-14)9-26-17(25)23-16(19)20/h2,5,8,11H,3-4,6-7,9H2,1H3,(H4,19,20,23,25). The molecule has 4 N–H and O–H groups in total. The fraction of sp³-hybridized carbons (Fsp3) is 0.412. The number of aryl methyl sites for hydroxylation is 1. The molecular formula is C17H21FN6O3. The Hall–Kier alpha value is -3.17. The molecule has 3 rings (SSSR count). The molecular weight excluding hydrogens is 355 g/mol. The normalized spacial score (nSPS) is 14.8. The summed E-state index contributed by atoms with van der Waals surface area (Å²) in [7, 11) is 0. The lowest BCUT2D eigenvalue weighted by atomic mass is 9.96. The van der Waals surface area contributed by atoms with E-state index < -0.39 is 17.9 Å². The van der Waals surface area contributed by atoms with Gasteiger partial charge in [0.2, 0.25) is 0 Å². The largest absolute Gasteiger partial charge is 0.446 e. The highest BCUT2D eigenvalue weighted by Crippen LogP contribution is 2.31. The predicted molar refractivity (Wildman–Crippen MR) is 95.6 cm³/mol. The van der Waals surface area contributed by atoms with Gasteiger partial charge in [-0.1, -0.05) is 0 Å². The van der Waals surface area contributed by atoms with Gasteiger partial charge in [0.1, 0.15) is 12.4 Å². The van der Waals surface area contributed by atoms with Crippen molar-refractivity contribution in [3.05, 3.63) is 41.5 Å². The number of carbonyl (C=O) groups excluding carboxylic acids is 1. The maximum atomic E-state index is 14.8. The predicted octanol–water partition coefficient (Wildman–Crippen LogP) is 1.81. The number of carbonyl (C=O) groups is 1. The first-order chi connectivity index (χ1) is 12.9. The summed E-state index contributed by atoms with van der Waals surface area (Å²) in [6.07, 6.45) is 3.77. The summed E-state index contributed by atoms with van der Waals surface area (Å²) >= 11 is 0. The Bertz CT molecular complexity index is 841. The van der Waals surface area contributed by atoms with Crippen molar-refractivity contribution in [1.29, 1.82) is 0 Å². The molecule has 10 heteroatoms. The summed E-state index contributed by atoms with van der Waals surface area (Å²) in [6, 6.07) is 1.45. The van der Waals surface area contributed by atoms with Crippen molar-refractivity contribution >= 4 is 17.9 Å². The first-order valence-corrected chi connectivity index (χ1v) is 8.51. The second-order valence-electron chi connectivity index (χ2n) is 6.27. The Labute approximate surface area is 155 Å². The Balaban J connectivity index is 1.64. The molecule has 2 aromatic heterocycles. The van der Waals surface area contributed by atoms with E-state index in [0.29, 0.717) is 13.1 Å². The zero-order valence-electron chi connectivity index (χ0n) is 14.9. The molecule has 27 heavy (non-hydrogen) atoms. The van der Waals surface area contributed by atoms with Crippen LogP contribution in [0.3, 0.4) is 0 Å². The van der Waals surface area contributed by atoms with Gasteiger partial charge in [-0.3, -0.25) is 0 Å². The van der Waals surface area contributed by atoms with Gasteiger partial charge in [-0.15, -0.1) is 4.99 Å². The van der Waals surface area contributed by atoms with Crippen molar-refractivity contribution in [2.75, 3.05) is 18.0 Å². The van der Waals surface area contributed by atoms with E-state index in [0.717, 1.165) is 24.5 Å². The second-order valence-corrected chi connectivity index (χ2v) is 6.27. The number of piperidine rings is 1. The Morgan fingerprint density at radius 1 is 1.41 bits per heavy atom. The minimum absolute atomic E-state index is 0.199. The summed E-state index contributed by atoms with van der Waals surface area (Å²) in [6.45, 7) is 2.81. The minimum atomic E-state index is -0.977. The van der Waals surface area contributed by atoms with Crippen LogP contribution in [0.15, 0.2) is 27.9 Å². The fourth-order valence-corrected chi connectivity index (χ4v) is 2.98. The van der Waals surface area contributed by atoms with Gasteiger partial charge in [0, 0.05) is 30.8 Å². The van der Waals surface area contributed by atoms with Gasteiger partial charge in [-0.2, -0.15) is 0 Å². The van der Waals surface area contributed by atoms with Crippen LogP contribution in [-0.2, 0) is 11.3 Å². The molecule has 3 heterocycles. The van der Waals surface area contributed by atoms with Crippen molar-refractivity contribution in [2.24, 2.45) is 16.5 Å². The van der Waals surface area contributed by atoms with Crippen LogP contribution in [0.25, 0.3) is 0 Å². The van der Waals surface area contributed by atoms with Gasteiger partial charge in [0.05, 0.1) is 6.20 Å². The number of amides is 1. The molecule has 1 fully saturated rings. The first-order valence-electron chi connectivity index (χ1n) is 8.51. The number of pyridine rings is 1. The quantitative estimate of drug-likeness (QED) is 0.610. The zero-order valence-corrected chi connectivity index (χ0v) is 14.9. The van der Waals surface area contributed by atoms with Crippen molar-refractivity contribution in [1.82, 2.24) is 9.97 Å². The minimum Gasteiger partial charge on any atom is -0.446 e. The molecule has 1 aliphatic heterocycles. The van der Waals surface area contributed by atoms with Crippen LogP contribution in [0, 0.1) is 12.7 Å². The third kappa shape index (κ3) is 4.52. The molecule has 2 aromatic rings. The van der Waals surface area contributed by atoms with E-state index in [1.807, 2.05) is 11.8 Å². The highest BCUT2D eigenvalue weighted by atomic mass is 19.1. The molecule has 0 aliphatic carbocycles. The number of hydrogen-bond acceptors (Lipinski definition) is 6. The maximum absolute atomic E-state index is 14.8. The Morgan fingerprint density at radius 2 is 2.15 bits per heavy atom. The molecule has 0 aromatic carbocycles. The smallest absolute Gasteiger partial charge is 0.437 e. The number of nitrogens with two attached hydrogens (primary N) is 2. The first kappa shape index (κ1) is 18.6. The highest BCUT2D eigenvalue weighted by Gasteiger charge is 2.26. The zero-order chi connectivity index (χ0) is 19.4. The lowest BCUT2D eigenvalue weighted by Crippen LogP contribution is -2.34. The third-order valence-corrected chi connectivity index (χ3v) is 4.31. The van der Waals surface area contributed by atoms with Gasteiger partial charge in [-0.25, -0.2) is 19.2 Å². The number of aliphatic imine (C=N–C) groups is 1. The van der Waals surface area contributed by atoms with Gasteiger partial charge in [0.15, 0.2) is 23.5 Å². The molecule has 9 nitrogen and oxygen atoms in total. The van der Waals surface area contributed by atoms with E-state index in [-0.39, 0.29) is 23.9 Å². The average Bonchev–Trinajstić information content (AvgIpc) is 3.07. The molecule has 0 unspecified atom stereocenters. The van der Waals surface area contributed by atoms with Gasteiger partial charge in [0.25, 0.3) is 0 Å². The number of nitrogens with zero attached hydrogens (tertiary/aromatic N) is 4. The van der Waals surface area contributed by atoms with E-state index in [1.165, 1.54) is 12.3 Å². The summed E-state index contributed by atoms with van der Waals surface area (Å²) in [5.74, 6) is 0.999. The number of guanidine groups is 1. The summed E-state index contributed by atoms with van der Waals surface area (Å²) in [5, 5.41) is 0. The monoisotopic (exact) mass is 376 g/mol. The lowest BCUT2D eigenvalue weighted by molar-refractivity contribution is 0.149. The van der Waals surface area contributed by atoms with Gasteiger partial charge in [-0.05, 0) is 25.8 Å².